The van der Waals surface area contributed by atoms with Crippen molar-refractivity contribution in [3.8, 4) is 11.3 Å². The summed E-state index contributed by atoms with van der Waals surface area (Å²) in [5.41, 5.74) is 2.79. The Morgan fingerprint density at radius 3 is 2.55 bits per heavy atom. The van der Waals surface area contributed by atoms with Gasteiger partial charge in [-0.3, -0.25) is 4.79 Å². The molecule has 1 heterocycles. The number of aliphatic carboxylic acids is 1. The first kappa shape index (κ1) is 14.3. The third-order valence-electron chi connectivity index (χ3n) is 3.48. The summed E-state index contributed by atoms with van der Waals surface area (Å²) in [5, 5.41) is 8.91. The van der Waals surface area contributed by atoms with Crippen LogP contribution in [0.1, 0.15) is 43.4 Å². The molecule has 0 bridgehead atoms. The molecule has 0 fully saturated rings. The molecule has 0 aliphatic heterocycles. The van der Waals surface area contributed by atoms with Gasteiger partial charge in [0.25, 0.3) is 0 Å². The van der Waals surface area contributed by atoms with Gasteiger partial charge in [0.2, 0.25) is 0 Å². The number of aryl methyl sites for hydroxylation is 1. The van der Waals surface area contributed by atoms with Gasteiger partial charge in [-0.25, -0.2) is 4.98 Å². The molecule has 4 nitrogen and oxygen atoms in total. The fraction of sp³-hybridized carbons (Fsp3) is 0.375. The summed E-state index contributed by atoms with van der Waals surface area (Å²) in [7, 11) is 0. The van der Waals surface area contributed by atoms with Crippen LogP contribution in [0.25, 0.3) is 11.3 Å². The molecule has 1 aromatic heterocycles. The van der Waals surface area contributed by atoms with Crippen molar-refractivity contribution < 1.29 is 14.3 Å². The van der Waals surface area contributed by atoms with Gasteiger partial charge in [0.05, 0.1) is 0 Å². The van der Waals surface area contributed by atoms with Gasteiger partial charge in [0.15, 0.2) is 5.89 Å². The third-order valence-corrected chi connectivity index (χ3v) is 3.48. The number of rotatable bonds is 5. The maximum atomic E-state index is 10.9. The van der Waals surface area contributed by atoms with Crippen LogP contribution in [0.3, 0.4) is 0 Å². The van der Waals surface area contributed by atoms with Gasteiger partial charge in [-0.05, 0) is 17.9 Å². The monoisotopic (exact) mass is 273 g/mol. The second kappa shape index (κ2) is 5.90. The maximum absolute atomic E-state index is 10.9. The van der Waals surface area contributed by atoms with Crippen LogP contribution in [-0.2, 0) is 11.2 Å². The molecular weight excluding hydrogens is 254 g/mol. The molecule has 1 aromatic carbocycles. The lowest BCUT2D eigenvalue weighted by molar-refractivity contribution is -0.136. The molecule has 1 atom stereocenters. The van der Waals surface area contributed by atoms with Crippen molar-refractivity contribution in [1.29, 1.82) is 0 Å². The quantitative estimate of drug-likeness (QED) is 0.900. The first-order valence-electron chi connectivity index (χ1n) is 6.79. The fourth-order valence-electron chi connectivity index (χ4n) is 2.16. The molecule has 1 N–H and O–H groups in total. The van der Waals surface area contributed by atoms with E-state index in [0.29, 0.717) is 23.3 Å². The molecule has 0 radical (unpaired) electrons. The third kappa shape index (κ3) is 3.07. The number of aromatic nitrogens is 1. The molecule has 0 aliphatic rings. The van der Waals surface area contributed by atoms with Crippen molar-refractivity contribution >= 4 is 5.97 Å². The van der Waals surface area contributed by atoms with E-state index in [0.717, 1.165) is 12.0 Å². The Hall–Kier alpha value is -2.10. The summed E-state index contributed by atoms with van der Waals surface area (Å²) in [6.07, 6.45) is 0.940. The van der Waals surface area contributed by atoms with Crippen LogP contribution in [0.5, 0.6) is 0 Å². The van der Waals surface area contributed by atoms with E-state index < -0.39 is 5.97 Å². The summed E-state index contributed by atoms with van der Waals surface area (Å²) in [6, 6.07) is 8.09. The lowest BCUT2D eigenvalue weighted by atomic mass is 9.97. The molecule has 0 aliphatic carbocycles. The van der Waals surface area contributed by atoms with E-state index in [1.54, 1.807) is 6.92 Å². The minimum atomic E-state index is -0.918. The van der Waals surface area contributed by atoms with Crippen LogP contribution in [0.4, 0.5) is 0 Å². The smallest absolute Gasteiger partial charge is 0.311 e. The van der Waals surface area contributed by atoms with Crippen LogP contribution in [0.15, 0.2) is 28.7 Å². The van der Waals surface area contributed by atoms with Gasteiger partial charge < -0.3 is 9.52 Å². The number of carboxylic acids is 1. The minimum absolute atomic E-state index is 0.150. The van der Waals surface area contributed by atoms with Crippen molar-refractivity contribution in [2.75, 3.05) is 0 Å². The summed E-state index contributed by atoms with van der Waals surface area (Å²) in [4.78, 5) is 15.2. The molecular formula is C16H19NO3. The Bertz CT molecular complexity index is 599. The molecule has 20 heavy (non-hydrogen) atoms. The molecule has 2 aromatic rings. The fourth-order valence-corrected chi connectivity index (χ4v) is 2.16. The highest BCUT2D eigenvalue weighted by Gasteiger charge is 2.16. The second-order valence-electron chi connectivity index (χ2n) is 5.01. The molecule has 1 unspecified atom stereocenters. The first-order valence-corrected chi connectivity index (χ1v) is 6.79. The van der Waals surface area contributed by atoms with Crippen LogP contribution in [-0.4, -0.2) is 16.1 Å². The Morgan fingerprint density at radius 2 is 2.00 bits per heavy atom. The summed E-state index contributed by atoms with van der Waals surface area (Å²) in [5.74, 6) is 0.494. The number of oxazole rings is 1. The molecule has 106 valence electrons. The van der Waals surface area contributed by atoms with Crippen LogP contribution in [0.2, 0.25) is 0 Å². The maximum Gasteiger partial charge on any atom is 0.311 e. The zero-order valence-electron chi connectivity index (χ0n) is 12.0. The molecule has 0 saturated heterocycles. The van der Waals surface area contributed by atoms with Gasteiger partial charge in [-0.15, -0.1) is 0 Å². The molecule has 0 amide bonds. The number of hydrogen-bond donors (Lipinski definition) is 1. The Morgan fingerprint density at radius 1 is 1.35 bits per heavy atom. The van der Waals surface area contributed by atoms with Gasteiger partial charge in [0.1, 0.15) is 17.9 Å². The van der Waals surface area contributed by atoms with Gasteiger partial charge in [0, 0.05) is 12.5 Å². The van der Waals surface area contributed by atoms with E-state index in [1.165, 1.54) is 5.56 Å². The van der Waals surface area contributed by atoms with E-state index in [9.17, 15) is 4.79 Å². The number of carboxylic acid groups (broad SMARTS) is 1. The van der Waals surface area contributed by atoms with Crippen molar-refractivity contribution in [2.45, 2.75) is 39.5 Å². The van der Waals surface area contributed by atoms with Gasteiger partial charge >= 0.3 is 5.97 Å². The van der Waals surface area contributed by atoms with Gasteiger partial charge in [-0.2, -0.15) is 0 Å². The predicted octanol–water partition coefficient (Wildman–Crippen LogP) is 3.79. The molecule has 0 spiro atoms. The highest BCUT2D eigenvalue weighted by molar-refractivity contribution is 5.73. The standard InChI is InChI=1S/C16H19NO3/c1-4-10(2)12-5-7-13(8-6-12)16-14(9-15(18)19)20-11(3)17-16/h5-8,10H,4,9H2,1-3H3,(H,18,19). The predicted molar refractivity (Wildman–Crippen MR) is 76.7 cm³/mol. The van der Waals surface area contributed by atoms with Crippen molar-refractivity contribution in [1.82, 2.24) is 4.98 Å². The Labute approximate surface area is 118 Å². The summed E-state index contributed by atoms with van der Waals surface area (Å²) < 4.78 is 5.39. The first-order chi connectivity index (χ1) is 9.51. The van der Waals surface area contributed by atoms with Crippen LogP contribution >= 0.6 is 0 Å². The lowest BCUT2D eigenvalue weighted by Crippen LogP contribution is -2.00. The lowest BCUT2D eigenvalue weighted by Gasteiger charge is -2.09. The number of nitrogens with zero attached hydrogens (tertiary/aromatic N) is 1. The minimum Gasteiger partial charge on any atom is -0.481 e. The largest absolute Gasteiger partial charge is 0.481 e. The van der Waals surface area contributed by atoms with Crippen molar-refractivity contribution in [3.05, 3.63) is 41.5 Å². The average molecular weight is 273 g/mol. The number of carbonyl (C=O) groups is 1. The van der Waals surface area contributed by atoms with E-state index in [4.69, 9.17) is 9.52 Å². The van der Waals surface area contributed by atoms with Crippen molar-refractivity contribution in [2.24, 2.45) is 0 Å². The highest BCUT2D eigenvalue weighted by Crippen LogP contribution is 2.27. The van der Waals surface area contributed by atoms with Gasteiger partial charge in [-0.1, -0.05) is 38.1 Å². The van der Waals surface area contributed by atoms with E-state index >= 15 is 0 Å². The summed E-state index contributed by atoms with van der Waals surface area (Å²) in [6.45, 7) is 6.07. The second-order valence-corrected chi connectivity index (χ2v) is 5.01. The van der Waals surface area contributed by atoms with E-state index in [1.807, 2.05) is 12.1 Å². The normalized spacial score (nSPS) is 12.3. The molecule has 4 heteroatoms. The SMILES string of the molecule is CCC(C)c1ccc(-c2nc(C)oc2CC(=O)O)cc1. The highest BCUT2D eigenvalue weighted by atomic mass is 16.4. The van der Waals surface area contributed by atoms with E-state index in [-0.39, 0.29) is 6.42 Å². The topological polar surface area (TPSA) is 63.3 Å². The van der Waals surface area contributed by atoms with E-state index in [2.05, 4.69) is 31.0 Å². The number of benzene rings is 1. The van der Waals surface area contributed by atoms with Crippen LogP contribution < -0.4 is 0 Å². The number of hydrogen-bond acceptors (Lipinski definition) is 3. The van der Waals surface area contributed by atoms with Crippen molar-refractivity contribution in [3.63, 3.8) is 0 Å². The molecule has 2 rings (SSSR count). The summed E-state index contributed by atoms with van der Waals surface area (Å²) >= 11 is 0. The Kier molecular flexibility index (Phi) is 4.23. The Balaban J connectivity index is 2.34. The zero-order chi connectivity index (χ0) is 14.7. The zero-order valence-corrected chi connectivity index (χ0v) is 12.0. The average Bonchev–Trinajstić information content (AvgIpc) is 2.78. The van der Waals surface area contributed by atoms with Crippen LogP contribution in [0, 0.1) is 6.92 Å². The molecule has 0 saturated carbocycles.